The highest BCUT2D eigenvalue weighted by molar-refractivity contribution is 5.89. The van der Waals surface area contributed by atoms with E-state index in [1.165, 1.54) is 26.1 Å². The van der Waals surface area contributed by atoms with Crippen molar-refractivity contribution in [2.24, 2.45) is 0 Å². The molecule has 10 heteroatoms. The third kappa shape index (κ3) is 7.58. The van der Waals surface area contributed by atoms with Crippen LogP contribution in [-0.2, 0) is 16.1 Å². The highest BCUT2D eigenvalue weighted by Gasteiger charge is 2.34. The summed E-state index contributed by atoms with van der Waals surface area (Å²) in [6, 6.07) is 2.37. The number of alkyl halides is 3. The molecule has 0 radical (unpaired) electrons. The van der Waals surface area contributed by atoms with Gasteiger partial charge < -0.3 is 20.1 Å². The van der Waals surface area contributed by atoms with E-state index in [1.807, 2.05) is 0 Å². The molecule has 0 aromatic carbocycles. The van der Waals surface area contributed by atoms with Crippen molar-refractivity contribution in [3.05, 3.63) is 24.0 Å². The van der Waals surface area contributed by atoms with Gasteiger partial charge in [-0.2, -0.15) is 0 Å². The first-order valence-electron chi connectivity index (χ1n) is 7.69. The van der Waals surface area contributed by atoms with Gasteiger partial charge in [-0.15, -0.1) is 13.2 Å². The first-order chi connectivity index (χ1) is 11.7. The molecule has 0 atom stereocenters. The van der Waals surface area contributed by atoms with Crippen molar-refractivity contribution in [2.75, 3.05) is 0 Å². The number of hydrogen-bond acceptors (Lipinski definition) is 5. The summed E-state index contributed by atoms with van der Waals surface area (Å²) in [6.07, 6.45) is -4.40. The fourth-order valence-electron chi connectivity index (χ4n) is 1.77. The lowest BCUT2D eigenvalue weighted by atomic mass is 10.1. The molecule has 0 saturated carbocycles. The number of hydrogen-bond donors (Lipinski definition) is 2. The van der Waals surface area contributed by atoms with Gasteiger partial charge in [-0.3, -0.25) is 9.78 Å². The van der Waals surface area contributed by atoms with Crippen LogP contribution in [0.15, 0.2) is 18.3 Å². The molecule has 2 amide bonds. The van der Waals surface area contributed by atoms with Crippen LogP contribution >= 0.6 is 0 Å². The van der Waals surface area contributed by atoms with E-state index in [-0.39, 0.29) is 12.2 Å². The van der Waals surface area contributed by atoms with E-state index in [0.29, 0.717) is 0 Å². The van der Waals surface area contributed by atoms with Crippen LogP contribution in [-0.4, -0.2) is 34.5 Å². The Balaban J connectivity index is 2.72. The summed E-state index contributed by atoms with van der Waals surface area (Å²) in [7, 11) is 0. The average molecular weight is 377 g/mol. The molecule has 1 aromatic rings. The standard InChI is InChI=1S/C16H22F3N3O4/c1-14(2,3)26-13(24)22-15(4,5)12(23)21-9-10-11(7-6-8-20-10)25-16(17,18)19/h6-8H,9H2,1-5H3,(H,21,23)(H,22,24). The van der Waals surface area contributed by atoms with Gasteiger partial charge in [0.1, 0.15) is 16.8 Å². The van der Waals surface area contributed by atoms with Crippen molar-refractivity contribution < 1.29 is 32.2 Å². The van der Waals surface area contributed by atoms with Gasteiger partial charge in [0.15, 0.2) is 5.75 Å². The normalized spacial score (nSPS) is 12.3. The maximum Gasteiger partial charge on any atom is 0.573 e. The van der Waals surface area contributed by atoms with Crippen molar-refractivity contribution >= 4 is 12.0 Å². The fraction of sp³-hybridized carbons (Fsp3) is 0.562. The zero-order valence-electron chi connectivity index (χ0n) is 15.2. The number of aromatic nitrogens is 1. The van der Waals surface area contributed by atoms with Crippen LogP contribution in [0.3, 0.4) is 0 Å². The predicted molar refractivity (Wildman–Crippen MR) is 86.2 cm³/mol. The minimum Gasteiger partial charge on any atom is -0.444 e. The maximum absolute atomic E-state index is 12.4. The largest absolute Gasteiger partial charge is 0.573 e. The first-order valence-corrected chi connectivity index (χ1v) is 7.69. The number of nitrogens with zero attached hydrogens (tertiary/aromatic N) is 1. The molecule has 1 heterocycles. The van der Waals surface area contributed by atoms with Crippen LogP contribution < -0.4 is 15.4 Å². The molecule has 2 N–H and O–H groups in total. The molecule has 7 nitrogen and oxygen atoms in total. The quantitative estimate of drug-likeness (QED) is 0.824. The Labute approximate surface area is 149 Å². The molecule has 0 bridgehead atoms. The molecule has 0 spiro atoms. The summed E-state index contributed by atoms with van der Waals surface area (Å²) in [5, 5.41) is 4.81. The molecule has 0 unspecified atom stereocenters. The van der Waals surface area contributed by atoms with Crippen molar-refractivity contribution in [3.63, 3.8) is 0 Å². The summed E-state index contributed by atoms with van der Waals surface area (Å²) in [5.74, 6) is -1.15. The molecule has 146 valence electrons. The van der Waals surface area contributed by atoms with E-state index in [1.54, 1.807) is 20.8 Å². The number of nitrogens with one attached hydrogen (secondary N) is 2. The second-order valence-electron chi connectivity index (χ2n) is 6.93. The minimum absolute atomic E-state index is 0.105. The number of alkyl carbamates (subject to hydrolysis) is 1. The van der Waals surface area contributed by atoms with Crippen LogP contribution in [0.1, 0.15) is 40.3 Å². The Bertz CT molecular complexity index is 655. The van der Waals surface area contributed by atoms with Crippen molar-refractivity contribution in [1.82, 2.24) is 15.6 Å². The third-order valence-electron chi connectivity index (χ3n) is 2.87. The number of carbonyl (C=O) groups excluding carboxylic acids is 2. The molecule has 1 aromatic heterocycles. The molecular weight excluding hydrogens is 355 g/mol. The lowest BCUT2D eigenvalue weighted by Crippen LogP contribution is -2.55. The molecular formula is C16H22F3N3O4. The van der Waals surface area contributed by atoms with Gasteiger partial charge in [-0.1, -0.05) is 0 Å². The zero-order chi connectivity index (χ0) is 20.2. The van der Waals surface area contributed by atoms with Crippen molar-refractivity contribution in [1.29, 1.82) is 0 Å². The van der Waals surface area contributed by atoms with E-state index in [2.05, 4.69) is 20.4 Å². The van der Waals surface area contributed by atoms with Crippen LogP contribution in [0.4, 0.5) is 18.0 Å². The third-order valence-corrected chi connectivity index (χ3v) is 2.87. The maximum atomic E-state index is 12.4. The lowest BCUT2D eigenvalue weighted by molar-refractivity contribution is -0.275. The molecule has 1 rings (SSSR count). The van der Waals surface area contributed by atoms with Crippen LogP contribution in [0.25, 0.3) is 0 Å². The van der Waals surface area contributed by atoms with E-state index in [9.17, 15) is 22.8 Å². The van der Waals surface area contributed by atoms with Gasteiger partial charge >= 0.3 is 12.5 Å². The van der Waals surface area contributed by atoms with Crippen LogP contribution in [0.2, 0.25) is 0 Å². The smallest absolute Gasteiger partial charge is 0.444 e. The average Bonchev–Trinajstić information content (AvgIpc) is 2.41. The van der Waals surface area contributed by atoms with E-state index in [4.69, 9.17) is 4.74 Å². The number of rotatable bonds is 5. The van der Waals surface area contributed by atoms with E-state index >= 15 is 0 Å². The SMILES string of the molecule is CC(C)(C)OC(=O)NC(C)(C)C(=O)NCc1ncccc1OC(F)(F)F. The van der Waals surface area contributed by atoms with Gasteiger partial charge in [0, 0.05) is 6.20 Å². The Morgan fingerprint density at radius 1 is 1.15 bits per heavy atom. The van der Waals surface area contributed by atoms with E-state index < -0.39 is 35.3 Å². The lowest BCUT2D eigenvalue weighted by Gasteiger charge is -2.27. The van der Waals surface area contributed by atoms with Gasteiger partial charge in [-0.05, 0) is 46.8 Å². The first kappa shape index (κ1) is 21.5. The summed E-state index contributed by atoms with van der Waals surface area (Å²) < 4.78 is 46.1. The number of halogens is 3. The van der Waals surface area contributed by atoms with Crippen LogP contribution in [0.5, 0.6) is 5.75 Å². The fourth-order valence-corrected chi connectivity index (χ4v) is 1.77. The van der Waals surface area contributed by atoms with Gasteiger partial charge in [0.05, 0.1) is 6.54 Å². The number of pyridine rings is 1. The summed E-state index contributed by atoms with van der Waals surface area (Å²) in [4.78, 5) is 27.8. The van der Waals surface area contributed by atoms with Gasteiger partial charge in [0.2, 0.25) is 5.91 Å². The number of amides is 2. The Morgan fingerprint density at radius 3 is 2.31 bits per heavy atom. The molecule has 0 saturated heterocycles. The summed E-state index contributed by atoms with van der Waals surface area (Å²) in [6.45, 7) is 7.55. The van der Waals surface area contributed by atoms with Crippen molar-refractivity contribution in [3.8, 4) is 5.75 Å². The second kappa shape index (κ2) is 7.79. The Hall–Kier alpha value is -2.52. The Kier molecular flexibility index (Phi) is 6.45. The minimum atomic E-state index is -4.88. The Morgan fingerprint density at radius 2 is 1.77 bits per heavy atom. The number of ether oxygens (including phenoxy) is 2. The van der Waals surface area contributed by atoms with Crippen LogP contribution in [0, 0.1) is 0 Å². The predicted octanol–water partition coefficient (Wildman–Crippen LogP) is 2.90. The highest BCUT2D eigenvalue weighted by Crippen LogP contribution is 2.24. The monoisotopic (exact) mass is 377 g/mol. The molecule has 0 aliphatic heterocycles. The molecule has 26 heavy (non-hydrogen) atoms. The molecule has 0 fully saturated rings. The summed E-state index contributed by atoms with van der Waals surface area (Å²) >= 11 is 0. The van der Waals surface area contributed by atoms with Gasteiger partial charge in [0.25, 0.3) is 0 Å². The van der Waals surface area contributed by atoms with Gasteiger partial charge in [-0.25, -0.2) is 4.79 Å². The topological polar surface area (TPSA) is 89.5 Å². The van der Waals surface area contributed by atoms with E-state index in [0.717, 1.165) is 6.07 Å². The number of carbonyl (C=O) groups is 2. The second-order valence-corrected chi connectivity index (χ2v) is 6.93. The highest BCUT2D eigenvalue weighted by atomic mass is 19.4. The molecule has 0 aliphatic carbocycles. The zero-order valence-corrected chi connectivity index (χ0v) is 15.2. The summed E-state index contributed by atoms with van der Waals surface area (Å²) in [5.41, 5.74) is -2.21. The molecule has 0 aliphatic rings. The van der Waals surface area contributed by atoms with Crippen molar-refractivity contribution in [2.45, 2.75) is 58.7 Å².